The summed E-state index contributed by atoms with van der Waals surface area (Å²) >= 11 is 0. The highest BCUT2D eigenvalue weighted by molar-refractivity contribution is 5.95. The van der Waals surface area contributed by atoms with E-state index in [4.69, 9.17) is 9.47 Å². The fourth-order valence-electron chi connectivity index (χ4n) is 2.49. The van der Waals surface area contributed by atoms with E-state index in [9.17, 15) is 4.79 Å². The monoisotopic (exact) mass is 278 g/mol. The number of carbonyl (C=O) groups is 1. The van der Waals surface area contributed by atoms with Crippen molar-refractivity contribution in [3.05, 3.63) is 23.8 Å². The molecule has 1 N–H and O–H groups in total. The van der Waals surface area contributed by atoms with Crippen LogP contribution < -0.4 is 14.8 Å². The number of carbonyl (C=O) groups excluding carboxylic acids is 1. The minimum Gasteiger partial charge on any atom is -0.497 e. The van der Waals surface area contributed by atoms with Crippen LogP contribution in [0.4, 0.5) is 0 Å². The predicted molar refractivity (Wildman–Crippen MR) is 77.5 cm³/mol. The number of amides is 1. The Hall–Kier alpha value is -1.75. The van der Waals surface area contributed by atoms with Gasteiger partial charge in [-0.25, -0.2) is 0 Å². The molecule has 1 amide bonds. The highest BCUT2D eigenvalue weighted by Gasteiger charge is 2.23. The van der Waals surface area contributed by atoms with E-state index in [2.05, 4.69) is 5.32 Å². The number of methoxy groups -OCH3 is 2. The number of piperidine rings is 1. The second-order valence-corrected chi connectivity index (χ2v) is 5.00. The molecular weight excluding hydrogens is 256 g/mol. The molecule has 0 unspecified atom stereocenters. The van der Waals surface area contributed by atoms with Gasteiger partial charge >= 0.3 is 0 Å². The molecule has 0 aromatic heterocycles. The second-order valence-electron chi connectivity index (χ2n) is 5.00. The fourth-order valence-corrected chi connectivity index (χ4v) is 2.49. The third-order valence-corrected chi connectivity index (χ3v) is 3.78. The first-order valence-electron chi connectivity index (χ1n) is 6.86. The first-order chi connectivity index (χ1) is 9.65. The zero-order chi connectivity index (χ0) is 14.5. The standard InChI is InChI=1S/C15H22N2O3/c1-17(12-4-6-16-7-5-12)15(18)11-8-13(19-2)10-14(9-11)20-3/h8-10,12,16H,4-7H2,1-3H3. The third-order valence-electron chi connectivity index (χ3n) is 3.78. The first kappa shape index (κ1) is 14.7. The quantitative estimate of drug-likeness (QED) is 0.907. The molecule has 0 atom stereocenters. The number of nitrogens with zero attached hydrogens (tertiary/aromatic N) is 1. The lowest BCUT2D eigenvalue weighted by Crippen LogP contribution is -2.43. The molecule has 5 heteroatoms. The normalized spacial score (nSPS) is 15.8. The molecule has 0 radical (unpaired) electrons. The second kappa shape index (κ2) is 6.61. The van der Waals surface area contributed by atoms with Crippen LogP contribution >= 0.6 is 0 Å². The van der Waals surface area contributed by atoms with Crippen molar-refractivity contribution < 1.29 is 14.3 Å². The van der Waals surface area contributed by atoms with Crippen molar-refractivity contribution in [3.63, 3.8) is 0 Å². The molecule has 1 aromatic carbocycles. The zero-order valence-corrected chi connectivity index (χ0v) is 12.3. The SMILES string of the molecule is COc1cc(OC)cc(C(=O)N(C)C2CCNCC2)c1. The maximum atomic E-state index is 12.6. The number of nitrogens with one attached hydrogen (secondary N) is 1. The van der Waals surface area contributed by atoms with Crippen molar-refractivity contribution in [2.45, 2.75) is 18.9 Å². The van der Waals surface area contributed by atoms with Gasteiger partial charge in [0.25, 0.3) is 5.91 Å². The molecule has 110 valence electrons. The summed E-state index contributed by atoms with van der Waals surface area (Å²) in [5.74, 6) is 1.27. The van der Waals surface area contributed by atoms with E-state index >= 15 is 0 Å². The van der Waals surface area contributed by atoms with Gasteiger partial charge in [-0.15, -0.1) is 0 Å². The van der Waals surface area contributed by atoms with Crippen LogP contribution in [0, 0.1) is 0 Å². The minimum atomic E-state index is 0.00843. The minimum absolute atomic E-state index is 0.00843. The summed E-state index contributed by atoms with van der Waals surface area (Å²) in [5, 5.41) is 3.31. The van der Waals surface area contributed by atoms with E-state index < -0.39 is 0 Å². The van der Waals surface area contributed by atoms with Gasteiger partial charge in [0.1, 0.15) is 11.5 Å². The first-order valence-corrected chi connectivity index (χ1v) is 6.86. The summed E-state index contributed by atoms with van der Waals surface area (Å²) in [6.07, 6.45) is 1.98. The summed E-state index contributed by atoms with van der Waals surface area (Å²) < 4.78 is 10.4. The van der Waals surface area contributed by atoms with Gasteiger partial charge in [-0.3, -0.25) is 4.79 Å². The van der Waals surface area contributed by atoms with Gasteiger partial charge in [0, 0.05) is 24.7 Å². The van der Waals surface area contributed by atoms with Gasteiger partial charge in [-0.05, 0) is 38.1 Å². The maximum absolute atomic E-state index is 12.6. The molecule has 1 aromatic rings. The molecule has 5 nitrogen and oxygen atoms in total. The molecule has 1 aliphatic rings. The number of benzene rings is 1. The summed E-state index contributed by atoms with van der Waals surface area (Å²) in [7, 11) is 5.03. The van der Waals surface area contributed by atoms with Crippen LogP contribution in [0.1, 0.15) is 23.2 Å². The van der Waals surface area contributed by atoms with Gasteiger partial charge in [0.2, 0.25) is 0 Å². The van der Waals surface area contributed by atoms with E-state index in [1.165, 1.54) is 0 Å². The Balaban J connectivity index is 2.18. The van der Waals surface area contributed by atoms with Crippen LogP contribution in [-0.4, -0.2) is 51.2 Å². The van der Waals surface area contributed by atoms with E-state index in [1.807, 2.05) is 11.9 Å². The van der Waals surface area contributed by atoms with Gasteiger partial charge in [-0.2, -0.15) is 0 Å². The number of hydrogen-bond acceptors (Lipinski definition) is 4. The molecule has 1 fully saturated rings. The highest BCUT2D eigenvalue weighted by atomic mass is 16.5. The Morgan fingerprint density at radius 3 is 2.20 bits per heavy atom. The van der Waals surface area contributed by atoms with Crippen molar-refractivity contribution in [1.82, 2.24) is 10.2 Å². The van der Waals surface area contributed by atoms with Crippen molar-refractivity contribution >= 4 is 5.91 Å². The van der Waals surface area contributed by atoms with E-state index in [-0.39, 0.29) is 5.91 Å². The zero-order valence-electron chi connectivity index (χ0n) is 12.3. The van der Waals surface area contributed by atoms with Crippen molar-refractivity contribution in [2.75, 3.05) is 34.4 Å². The Labute approximate surface area is 119 Å². The smallest absolute Gasteiger partial charge is 0.254 e. The van der Waals surface area contributed by atoms with E-state index in [0.717, 1.165) is 25.9 Å². The van der Waals surface area contributed by atoms with Crippen molar-refractivity contribution in [2.24, 2.45) is 0 Å². The lowest BCUT2D eigenvalue weighted by atomic mass is 10.0. The topological polar surface area (TPSA) is 50.8 Å². The fraction of sp³-hybridized carbons (Fsp3) is 0.533. The van der Waals surface area contributed by atoms with Crippen LogP contribution in [0.5, 0.6) is 11.5 Å². The average Bonchev–Trinajstić information content (AvgIpc) is 2.53. The summed E-state index contributed by atoms with van der Waals surface area (Å²) in [5.41, 5.74) is 0.599. The molecule has 1 heterocycles. The van der Waals surface area contributed by atoms with Gasteiger partial charge in [0.15, 0.2) is 0 Å². The lowest BCUT2D eigenvalue weighted by Gasteiger charge is -2.31. The van der Waals surface area contributed by atoms with Gasteiger partial charge < -0.3 is 19.7 Å². The third kappa shape index (κ3) is 3.22. The van der Waals surface area contributed by atoms with Crippen LogP contribution in [0.2, 0.25) is 0 Å². The number of rotatable bonds is 4. The molecule has 0 aliphatic carbocycles. The van der Waals surface area contributed by atoms with Crippen LogP contribution in [0.25, 0.3) is 0 Å². The maximum Gasteiger partial charge on any atom is 0.254 e. The van der Waals surface area contributed by atoms with Crippen LogP contribution in [0.3, 0.4) is 0 Å². The largest absolute Gasteiger partial charge is 0.497 e. The van der Waals surface area contributed by atoms with E-state index in [1.54, 1.807) is 32.4 Å². The van der Waals surface area contributed by atoms with Gasteiger partial charge in [-0.1, -0.05) is 0 Å². The van der Waals surface area contributed by atoms with Gasteiger partial charge in [0.05, 0.1) is 14.2 Å². The summed E-state index contributed by atoms with van der Waals surface area (Å²) in [4.78, 5) is 14.4. The van der Waals surface area contributed by atoms with Crippen LogP contribution in [0.15, 0.2) is 18.2 Å². The molecule has 0 saturated carbocycles. The number of hydrogen-bond donors (Lipinski definition) is 1. The molecule has 0 spiro atoms. The number of ether oxygens (including phenoxy) is 2. The predicted octanol–water partition coefficient (Wildman–Crippen LogP) is 1.53. The molecule has 2 rings (SSSR count). The molecule has 1 saturated heterocycles. The van der Waals surface area contributed by atoms with Crippen molar-refractivity contribution in [1.29, 1.82) is 0 Å². The van der Waals surface area contributed by atoms with Crippen molar-refractivity contribution in [3.8, 4) is 11.5 Å². The Morgan fingerprint density at radius 1 is 1.15 bits per heavy atom. The molecule has 1 aliphatic heterocycles. The average molecular weight is 278 g/mol. The van der Waals surface area contributed by atoms with Crippen LogP contribution in [-0.2, 0) is 0 Å². The Bertz CT molecular complexity index is 448. The highest BCUT2D eigenvalue weighted by Crippen LogP contribution is 2.24. The molecule has 0 bridgehead atoms. The van der Waals surface area contributed by atoms with E-state index in [0.29, 0.717) is 23.1 Å². The lowest BCUT2D eigenvalue weighted by molar-refractivity contribution is 0.0702. The summed E-state index contributed by atoms with van der Waals surface area (Å²) in [6.45, 7) is 1.92. The Morgan fingerprint density at radius 2 is 1.70 bits per heavy atom. The molecule has 20 heavy (non-hydrogen) atoms. The molecular formula is C15H22N2O3. The Kier molecular flexibility index (Phi) is 4.84. The summed E-state index contributed by atoms with van der Waals surface area (Å²) in [6, 6.07) is 5.56.